The number of ether oxygens (including phenoxy) is 3. The highest BCUT2D eigenvalue weighted by Gasteiger charge is 2.31. The lowest BCUT2D eigenvalue weighted by Crippen LogP contribution is -2.24. The summed E-state index contributed by atoms with van der Waals surface area (Å²) in [5.74, 6) is -1.01. The summed E-state index contributed by atoms with van der Waals surface area (Å²) in [5.41, 5.74) is 0.934. The van der Waals surface area contributed by atoms with Crippen LogP contribution in [0.3, 0.4) is 0 Å². The zero-order chi connectivity index (χ0) is 23.4. The monoisotopic (exact) mass is 452 g/mol. The fraction of sp³-hybridized carbons (Fsp3) is 0.250. The molecule has 170 valence electrons. The number of halogens is 5. The van der Waals surface area contributed by atoms with Gasteiger partial charge in [0.1, 0.15) is 17.3 Å². The maximum absolute atomic E-state index is 14.1. The van der Waals surface area contributed by atoms with Gasteiger partial charge in [0.2, 0.25) is 0 Å². The van der Waals surface area contributed by atoms with Gasteiger partial charge >= 0.3 is 6.36 Å². The predicted octanol–water partition coefficient (Wildman–Crippen LogP) is 7.15. The summed E-state index contributed by atoms with van der Waals surface area (Å²) in [4.78, 5) is 0. The van der Waals surface area contributed by atoms with Gasteiger partial charge in [-0.15, -0.1) is 13.2 Å². The van der Waals surface area contributed by atoms with Gasteiger partial charge in [-0.3, -0.25) is 0 Å². The van der Waals surface area contributed by atoms with Gasteiger partial charge in [0.05, 0.1) is 13.2 Å². The maximum Gasteiger partial charge on any atom is 0.573 e. The first kappa shape index (κ1) is 23.5. The molecule has 0 radical (unpaired) electrons. The van der Waals surface area contributed by atoms with Crippen molar-refractivity contribution in [1.82, 2.24) is 0 Å². The second-order valence-electron chi connectivity index (χ2n) is 7.77. The molecule has 0 aromatic heterocycles. The third-order valence-electron chi connectivity index (χ3n) is 4.64. The zero-order valence-electron chi connectivity index (χ0n) is 17.4. The molecule has 0 bridgehead atoms. The highest BCUT2D eigenvalue weighted by molar-refractivity contribution is 5.35. The minimum atomic E-state index is -4.74. The van der Waals surface area contributed by atoms with Gasteiger partial charge in [-0.05, 0) is 59.7 Å². The summed E-state index contributed by atoms with van der Waals surface area (Å²) in [6.07, 6.45) is -4.74. The highest BCUT2D eigenvalue weighted by atomic mass is 19.4. The van der Waals surface area contributed by atoms with Crippen molar-refractivity contribution in [3.8, 4) is 17.2 Å². The van der Waals surface area contributed by atoms with Gasteiger partial charge in [0.25, 0.3) is 0 Å². The smallest absolute Gasteiger partial charge is 0.454 e. The second-order valence-corrected chi connectivity index (χ2v) is 7.77. The topological polar surface area (TPSA) is 27.7 Å². The SMILES string of the molecule is CC(C)(COCc1ccc(F)c(Oc2ccc(F)cc2)c1)c1ccc(OC(F)(F)F)cc1. The Bertz CT molecular complexity index is 1030. The van der Waals surface area contributed by atoms with Gasteiger partial charge in [-0.25, -0.2) is 8.78 Å². The predicted molar refractivity (Wildman–Crippen MR) is 109 cm³/mol. The Labute approximate surface area is 182 Å². The number of benzene rings is 3. The Hall–Kier alpha value is -3.13. The lowest BCUT2D eigenvalue weighted by molar-refractivity contribution is -0.274. The van der Waals surface area contributed by atoms with Crippen LogP contribution in [0.4, 0.5) is 22.0 Å². The minimum Gasteiger partial charge on any atom is -0.454 e. The van der Waals surface area contributed by atoms with Crippen LogP contribution in [-0.2, 0) is 16.8 Å². The van der Waals surface area contributed by atoms with Gasteiger partial charge in [-0.2, -0.15) is 0 Å². The molecule has 32 heavy (non-hydrogen) atoms. The fourth-order valence-corrected chi connectivity index (χ4v) is 2.96. The van der Waals surface area contributed by atoms with E-state index < -0.39 is 23.4 Å². The molecular weight excluding hydrogens is 431 g/mol. The largest absolute Gasteiger partial charge is 0.573 e. The van der Waals surface area contributed by atoms with Crippen molar-refractivity contribution in [2.24, 2.45) is 0 Å². The van der Waals surface area contributed by atoms with Gasteiger partial charge in [0.15, 0.2) is 11.6 Å². The van der Waals surface area contributed by atoms with Crippen molar-refractivity contribution < 1.29 is 36.2 Å². The Morgan fingerprint density at radius 1 is 0.781 bits per heavy atom. The van der Waals surface area contributed by atoms with Crippen molar-refractivity contribution in [3.63, 3.8) is 0 Å². The lowest BCUT2D eigenvalue weighted by atomic mass is 9.85. The van der Waals surface area contributed by atoms with Crippen LogP contribution in [0, 0.1) is 11.6 Å². The molecule has 0 unspecified atom stereocenters. The van der Waals surface area contributed by atoms with E-state index in [0.29, 0.717) is 11.3 Å². The summed E-state index contributed by atoms with van der Waals surface area (Å²) >= 11 is 0. The summed E-state index contributed by atoms with van der Waals surface area (Å²) in [6.45, 7) is 4.21. The molecule has 3 aromatic rings. The standard InChI is InChI=1S/C24H21F5O3/c1-23(2,17-4-8-20(9-5-17)32-24(27,28)29)15-30-14-16-3-12-21(26)22(13-16)31-19-10-6-18(25)7-11-19/h3-13H,14-15H2,1-2H3. The third kappa shape index (κ3) is 6.68. The van der Waals surface area contributed by atoms with Crippen LogP contribution in [0.15, 0.2) is 66.7 Å². The highest BCUT2D eigenvalue weighted by Crippen LogP contribution is 2.29. The van der Waals surface area contributed by atoms with Crippen LogP contribution < -0.4 is 9.47 Å². The average molecular weight is 452 g/mol. The summed E-state index contributed by atoms with van der Waals surface area (Å²) in [5, 5.41) is 0. The number of rotatable bonds is 8. The number of hydrogen-bond donors (Lipinski definition) is 0. The first-order valence-electron chi connectivity index (χ1n) is 9.68. The average Bonchev–Trinajstić information content (AvgIpc) is 2.71. The number of hydrogen-bond acceptors (Lipinski definition) is 3. The molecule has 0 aliphatic rings. The van der Waals surface area contributed by atoms with E-state index in [1.165, 1.54) is 48.5 Å². The molecular formula is C24H21F5O3. The van der Waals surface area contributed by atoms with Gasteiger partial charge in [0, 0.05) is 5.41 Å². The van der Waals surface area contributed by atoms with Crippen molar-refractivity contribution in [2.75, 3.05) is 6.61 Å². The van der Waals surface area contributed by atoms with Gasteiger partial charge in [-0.1, -0.05) is 32.0 Å². The Balaban J connectivity index is 1.59. The molecule has 0 heterocycles. The first-order valence-corrected chi connectivity index (χ1v) is 9.68. The van der Waals surface area contributed by atoms with Crippen LogP contribution in [-0.4, -0.2) is 13.0 Å². The molecule has 3 aromatic carbocycles. The van der Waals surface area contributed by atoms with Crippen molar-refractivity contribution in [2.45, 2.75) is 32.2 Å². The van der Waals surface area contributed by atoms with Crippen LogP contribution in [0.5, 0.6) is 17.2 Å². The van der Waals surface area contributed by atoms with Gasteiger partial charge < -0.3 is 14.2 Å². The maximum atomic E-state index is 14.1. The Kier molecular flexibility index (Phi) is 7.03. The molecule has 0 spiro atoms. The quantitative estimate of drug-likeness (QED) is 0.340. The van der Waals surface area contributed by atoms with E-state index in [-0.39, 0.29) is 24.7 Å². The van der Waals surface area contributed by atoms with E-state index >= 15 is 0 Å². The molecule has 0 fully saturated rings. The molecule has 0 aliphatic heterocycles. The van der Waals surface area contributed by atoms with Crippen LogP contribution in [0.1, 0.15) is 25.0 Å². The van der Waals surface area contributed by atoms with E-state index in [9.17, 15) is 22.0 Å². The summed E-state index contributed by atoms with van der Waals surface area (Å²) < 4.78 is 79.1. The van der Waals surface area contributed by atoms with E-state index in [0.717, 1.165) is 5.56 Å². The fourth-order valence-electron chi connectivity index (χ4n) is 2.96. The first-order chi connectivity index (χ1) is 15.0. The van der Waals surface area contributed by atoms with Crippen molar-refractivity contribution in [1.29, 1.82) is 0 Å². The van der Waals surface area contributed by atoms with Crippen LogP contribution in [0.25, 0.3) is 0 Å². The molecule has 0 aliphatic carbocycles. The summed E-state index contributed by atoms with van der Waals surface area (Å²) in [6, 6.07) is 15.1. The molecule has 8 heteroatoms. The Morgan fingerprint density at radius 2 is 1.41 bits per heavy atom. The van der Waals surface area contributed by atoms with Crippen LogP contribution >= 0.6 is 0 Å². The van der Waals surface area contributed by atoms with E-state index in [1.54, 1.807) is 18.2 Å². The molecule has 0 saturated carbocycles. The second kappa shape index (κ2) is 9.56. The molecule has 0 atom stereocenters. The molecule has 0 N–H and O–H groups in total. The third-order valence-corrected chi connectivity index (χ3v) is 4.64. The normalized spacial score (nSPS) is 12.0. The van der Waals surface area contributed by atoms with E-state index in [2.05, 4.69) is 4.74 Å². The molecule has 0 amide bonds. The summed E-state index contributed by atoms with van der Waals surface area (Å²) in [7, 11) is 0. The van der Waals surface area contributed by atoms with E-state index in [4.69, 9.17) is 9.47 Å². The molecule has 3 rings (SSSR count). The van der Waals surface area contributed by atoms with Crippen LogP contribution in [0.2, 0.25) is 0 Å². The van der Waals surface area contributed by atoms with Crippen molar-refractivity contribution >= 4 is 0 Å². The lowest BCUT2D eigenvalue weighted by Gasteiger charge is -2.25. The molecule has 0 saturated heterocycles. The Morgan fingerprint density at radius 3 is 2.03 bits per heavy atom. The van der Waals surface area contributed by atoms with E-state index in [1.807, 2.05) is 13.8 Å². The zero-order valence-corrected chi connectivity index (χ0v) is 17.4. The minimum absolute atomic E-state index is 0.0165. The number of alkyl halides is 3. The molecule has 3 nitrogen and oxygen atoms in total. The van der Waals surface area contributed by atoms with Crippen molar-refractivity contribution in [3.05, 3.63) is 89.5 Å².